The van der Waals surface area contributed by atoms with Gasteiger partial charge in [-0.2, -0.15) is 0 Å². The molecule has 1 saturated carbocycles. The van der Waals surface area contributed by atoms with E-state index in [1.165, 1.54) is 25.7 Å². The highest BCUT2D eigenvalue weighted by atomic mass is 19.1. The monoisotopic (exact) mass is 292 g/mol. The van der Waals surface area contributed by atoms with Crippen LogP contribution in [0.4, 0.5) is 4.39 Å². The smallest absolute Gasteiger partial charge is 0.127 e. The molecule has 0 spiro atoms. The van der Waals surface area contributed by atoms with Gasteiger partial charge in [0.1, 0.15) is 5.82 Å². The molecular formula is C18H29FN2. The number of halogens is 1. The van der Waals surface area contributed by atoms with Crippen molar-refractivity contribution < 1.29 is 4.39 Å². The van der Waals surface area contributed by atoms with Gasteiger partial charge in [-0.25, -0.2) is 4.39 Å². The van der Waals surface area contributed by atoms with Gasteiger partial charge in [0.25, 0.3) is 0 Å². The summed E-state index contributed by atoms with van der Waals surface area (Å²) in [6.45, 7) is 7.34. The number of hydrogen-bond donors (Lipinski definition) is 1. The third-order valence-electron chi connectivity index (χ3n) is 4.68. The number of nitrogens with zero attached hydrogens (tertiary/aromatic N) is 1. The summed E-state index contributed by atoms with van der Waals surface area (Å²) in [5.74, 6) is -0.0904. The molecule has 0 heterocycles. The van der Waals surface area contributed by atoms with E-state index in [2.05, 4.69) is 24.1 Å². The summed E-state index contributed by atoms with van der Waals surface area (Å²) < 4.78 is 14.0. The molecule has 21 heavy (non-hydrogen) atoms. The highest BCUT2D eigenvalue weighted by molar-refractivity contribution is 5.21. The molecule has 1 aromatic carbocycles. The Hall–Kier alpha value is -0.930. The summed E-state index contributed by atoms with van der Waals surface area (Å²) >= 11 is 0. The van der Waals surface area contributed by atoms with Gasteiger partial charge in [-0.3, -0.25) is 0 Å². The Morgan fingerprint density at radius 3 is 2.57 bits per heavy atom. The summed E-state index contributed by atoms with van der Waals surface area (Å²) in [6.07, 6.45) is 6.37. The average Bonchev–Trinajstić information content (AvgIpc) is 3.02. The van der Waals surface area contributed by atoms with Crippen LogP contribution in [0, 0.1) is 5.82 Å². The van der Waals surface area contributed by atoms with Crippen LogP contribution in [0.3, 0.4) is 0 Å². The van der Waals surface area contributed by atoms with Crippen molar-refractivity contribution in [2.45, 2.75) is 58.0 Å². The molecule has 3 heteroatoms. The SMILES string of the molecule is CCNC(CCN(CC)C1CCCC1)c1ccccc1F. The third-order valence-corrected chi connectivity index (χ3v) is 4.68. The van der Waals surface area contributed by atoms with E-state index in [-0.39, 0.29) is 11.9 Å². The molecule has 2 rings (SSSR count). The van der Waals surface area contributed by atoms with Crippen LogP contribution in [0.1, 0.15) is 57.6 Å². The summed E-state index contributed by atoms with van der Waals surface area (Å²) in [4.78, 5) is 2.58. The van der Waals surface area contributed by atoms with Gasteiger partial charge >= 0.3 is 0 Å². The fourth-order valence-corrected chi connectivity index (χ4v) is 3.53. The molecule has 0 aliphatic heterocycles. The first-order valence-electron chi connectivity index (χ1n) is 8.48. The molecule has 1 unspecified atom stereocenters. The lowest BCUT2D eigenvalue weighted by Gasteiger charge is -2.29. The largest absolute Gasteiger partial charge is 0.310 e. The van der Waals surface area contributed by atoms with Gasteiger partial charge in [0, 0.05) is 24.2 Å². The van der Waals surface area contributed by atoms with Crippen LogP contribution in [-0.4, -0.2) is 30.6 Å². The third kappa shape index (κ3) is 4.52. The van der Waals surface area contributed by atoms with Gasteiger partial charge in [0.15, 0.2) is 0 Å². The molecule has 1 aliphatic carbocycles. The van der Waals surface area contributed by atoms with Crippen LogP contribution in [-0.2, 0) is 0 Å². The Bertz CT molecular complexity index is 415. The Morgan fingerprint density at radius 2 is 1.95 bits per heavy atom. The van der Waals surface area contributed by atoms with E-state index in [1.807, 2.05) is 12.1 Å². The molecule has 0 radical (unpaired) electrons. The van der Waals surface area contributed by atoms with E-state index in [1.54, 1.807) is 12.1 Å². The van der Waals surface area contributed by atoms with Crippen molar-refractivity contribution in [3.8, 4) is 0 Å². The van der Waals surface area contributed by atoms with Gasteiger partial charge in [0.05, 0.1) is 0 Å². The number of hydrogen-bond acceptors (Lipinski definition) is 2. The van der Waals surface area contributed by atoms with Crippen molar-refractivity contribution in [2.75, 3.05) is 19.6 Å². The lowest BCUT2D eigenvalue weighted by Crippen LogP contribution is -2.36. The molecule has 0 bridgehead atoms. The zero-order valence-electron chi connectivity index (χ0n) is 13.4. The molecule has 2 nitrogen and oxygen atoms in total. The molecule has 1 aliphatic rings. The van der Waals surface area contributed by atoms with E-state index in [0.29, 0.717) is 0 Å². The van der Waals surface area contributed by atoms with Crippen LogP contribution in [0.15, 0.2) is 24.3 Å². The number of benzene rings is 1. The van der Waals surface area contributed by atoms with E-state index in [4.69, 9.17) is 0 Å². The van der Waals surface area contributed by atoms with E-state index < -0.39 is 0 Å². The van der Waals surface area contributed by atoms with Gasteiger partial charge in [-0.05, 0) is 38.4 Å². The molecule has 0 saturated heterocycles. The molecule has 1 fully saturated rings. The lowest BCUT2D eigenvalue weighted by molar-refractivity contribution is 0.197. The maximum atomic E-state index is 14.0. The molecule has 1 N–H and O–H groups in total. The summed E-state index contributed by atoms with van der Waals surface area (Å²) in [5.41, 5.74) is 0.807. The van der Waals surface area contributed by atoms with Crippen LogP contribution in [0.2, 0.25) is 0 Å². The second kappa shape index (κ2) is 8.50. The van der Waals surface area contributed by atoms with Crippen LogP contribution >= 0.6 is 0 Å². The minimum atomic E-state index is -0.0904. The molecule has 0 aromatic heterocycles. The predicted molar refractivity (Wildman–Crippen MR) is 86.9 cm³/mol. The van der Waals surface area contributed by atoms with Crippen molar-refractivity contribution >= 4 is 0 Å². The quantitative estimate of drug-likeness (QED) is 0.775. The van der Waals surface area contributed by atoms with Crippen LogP contribution in [0.25, 0.3) is 0 Å². The van der Waals surface area contributed by atoms with Crippen molar-refractivity contribution in [1.82, 2.24) is 10.2 Å². The highest BCUT2D eigenvalue weighted by Crippen LogP contribution is 2.25. The Kier molecular flexibility index (Phi) is 6.65. The zero-order chi connectivity index (χ0) is 15.1. The molecule has 0 amide bonds. The molecule has 1 atom stereocenters. The molecule has 1 aromatic rings. The lowest BCUT2D eigenvalue weighted by atomic mass is 10.0. The second-order valence-electron chi connectivity index (χ2n) is 5.99. The maximum Gasteiger partial charge on any atom is 0.127 e. The minimum absolute atomic E-state index is 0.0904. The van der Waals surface area contributed by atoms with Crippen LogP contribution < -0.4 is 5.32 Å². The fraction of sp³-hybridized carbons (Fsp3) is 0.667. The topological polar surface area (TPSA) is 15.3 Å². The maximum absolute atomic E-state index is 14.0. The normalized spacial score (nSPS) is 17.5. The predicted octanol–water partition coefficient (Wildman–Crippen LogP) is 4.13. The first-order chi connectivity index (χ1) is 10.3. The Morgan fingerprint density at radius 1 is 1.24 bits per heavy atom. The second-order valence-corrected chi connectivity index (χ2v) is 5.99. The number of rotatable bonds is 8. The number of nitrogens with one attached hydrogen (secondary N) is 1. The molecule has 118 valence electrons. The standard InChI is InChI=1S/C18H29FN2/c1-3-20-18(16-11-7-8-12-17(16)19)13-14-21(4-2)15-9-5-6-10-15/h7-8,11-12,15,18,20H,3-6,9-10,13-14H2,1-2H3. The van der Waals surface area contributed by atoms with Crippen molar-refractivity contribution in [1.29, 1.82) is 0 Å². The van der Waals surface area contributed by atoms with Crippen molar-refractivity contribution in [3.05, 3.63) is 35.6 Å². The van der Waals surface area contributed by atoms with Gasteiger partial charge < -0.3 is 10.2 Å². The van der Waals surface area contributed by atoms with Gasteiger partial charge in [0.2, 0.25) is 0 Å². The summed E-state index contributed by atoms with van der Waals surface area (Å²) in [7, 11) is 0. The van der Waals surface area contributed by atoms with Gasteiger partial charge in [-0.15, -0.1) is 0 Å². The first kappa shape index (κ1) is 16.4. The van der Waals surface area contributed by atoms with Crippen LogP contribution in [0.5, 0.6) is 0 Å². The van der Waals surface area contributed by atoms with E-state index >= 15 is 0 Å². The van der Waals surface area contributed by atoms with Crippen molar-refractivity contribution in [2.24, 2.45) is 0 Å². The summed E-state index contributed by atoms with van der Waals surface area (Å²) in [6, 6.07) is 8.03. The minimum Gasteiger partial charge on any atom is -0.310 e. The highest BCUT2D eigenvalue weighted by Gasteiger charge is 2.22. The Labute approximate surface area is 128 Å². The van der Waals surface area contributed by atoms with E-state index in [0.717, 1.165) is 37.7 Å². The van der Waals surface area contributed by atoms with Gasteiger partial charge in [-0.1, -0.05) is 44.9 Å². The Balaban J connectivity index is 1.97. The van der Waals surface area contributed by atoms with E-state index in [9.17, 15) is 4.39 Å². The first-order valence-corrected chi connectivity index (χ1v) is 8.48. The zero-order valence-corrected chi connectivity index (χ0v) is 13.4. The fourth-order valence-electron chi connectivity index (χ4n) is 3.53. The van der Waals surface area contributed by atoms with Crippen molar-refractivity contribution in [3.63, 3.8) is 0 Å². The summed E-state index contributed by atoms with van der Waals surface area (Å²) in [5, 5.41) is 3.44. The molecular weight excluding hydrogens is 263 g/mol. The average molecular weight is 292 g/mol.